The molecule has 250 valence electrons. The molecular weight excluding hydrogens is 622 g/mol. The molecule has 0 bridgehead atoms. The van der Waals surface area contributed by atoms with Crippen molar-refractivity contribution < 1.29 is 36.7 Å². The predicted molar refractivity (Wildman–Crippen MR) is 180 cm³/mol. The van der Waals surface area contributed by atoms with E-state index in [0.717, 1.165) is 11.1 Å². The minimum atomic E-state index is -4.01. The van der Waals surface area contributed by atoms with Gasteiger partial charge in [0.2, 0.25) is 10.0 Å². The number of nitrogens with one attached hydrogen (secondary N) is 2. The zero-order valence-electron chi connectivity index (χ0n) is 27.8. The molecule has 3 aromatic carbocycles. The normalized spacial score (nSPS) is 12.5. The average molecular weight is 664 g/mol. The van der Waals surface area contributed by atoms with Crippen molar-refractivity contribution in [3.8, 4) is 16.9 Å². The summed E-state index contributed by atoms with van der Waals surface area (Å²) in [4.78, 5) is 39.3. The summed E-state index contributed by atoms with van der Waals surface area (Å²) in [5.41, 5.74) is 2.36. The van der Waals surface area contributed by atoms with Crippen molar-refractivity contribution in [3.63, 3.8) is 0 Å². The van der Waals surface area contributed by atoms with E-state index in [0.29, 0.717) is 28.0 Å². The Labute approximate surface area is 275 Å². The molecule has 2 amide bonds. The molecule has 11 nitrogen and oxygen atoms in total. The van der Waals surface area contributed by atoms with Gasteiger partial charge in [-0.2, -0.15) is 4.72 Å². The molecule has 4 rings (SSSR count). The molecule has 0 aliphatic heterocycles. The summed E-state index contributed by atoms with van der Waals surface area (Å²) in [6, 6.07) is 17.5. The van der Waals surface area contributed by atoms with Gasteiger partial charge >= 0.3 is 5.97 Å². The van der Waals surface area contributed by atoms with Crippen molar-refractivity contribution in [1.82, 2.24) is 9.62 Å². The van der Waals surface area contributed by atoms with E-state index in [4.69, 9.17) is 13.9 Å². The number of carbonyl (C=O) groups is 3. The second kappa shape index (κ2) is 14.0. The number of esters is 1. The Morgan fingerprint density at radius 3 is 2.06 bits per heavy atom. The molecule has 0 fully saturated rings. The van der Waals surface area contributed by atoms with Gasteiger partial charge in [-0.1, -0.05) is 44.2 Å². The first kappa shape index (κ1) is 35.2. The number of amides is 2. The summed E-state index contributed by atoms with van der Waals surface area (Å²) in [6.45, 7) is 10.3. The van der Waals surface area contributed by atoms with Gasteiger partial charge in [-0.3, -0.25) is 14.4 Å². The van der Waals surface area contributed by atoms with Crippen LogP contribution in [0.4, 0.5) is 5.69 Å². The molecule has 2 N–H and O–H groups in total. The summed E-state index contributed by atoms with van der Waals surface area (Å²) in [6.07, 6.45) is 0. The van der Waals surface area contributed by atoms with E-state index in [2.05, 4.69) is 10.0 Å². The van der Waals surface area contributed by atoms with Crippen molar-refractivity contribution in [1.29, 1.82) is 0 Å². The number of benzene rings is 3. The summed E-state index contributed by atoms with van der Waals surface area (Å²) in [5, 5.41) is 3.46. The van der Waals surface area contributed by atoms with E-state index in [9.17, 15) is 22.8 Å². The molecule has 1 aromatic heterocycles. The lowest BCUT2D eigenvalue weighted by atomic mass is 10.1. The quantitative estimate of drug-likeness (QED) is 0.193. The van der Waals surface area contributed by atoms with Gasteiger partial charge in [0.05, 0.1) is 10.3 Å². The SMILES string of the molecule is Cc1c(C(=O)Nc2ccc(-c3ccc(S(=O)(=O)N[C@H](C(=O)OC(C)(C)C)C(C)C)cc3)cc2)oc2cccc(OCC(=O)N(C)C)c12. The first-order valence-corrected chi connectivity index (χ1v) is 16.6. The van der Waals surface area contributed by atoms with E-state index in [1.165, 1.54) is 17.0 Å². The predicted octanol–water partition coefficient (Wildman–Crippen LogP) is 5.77. The number of carbonyl (C=O) groups excluding carboxylic acids is 3. The van der Waals surface area contributed by atoms with E-state index in [-0.39, 0.29) is 29.1 Å². The fourth-order valence-electron chi connectivity index (χ4n) is 4.69. The largest absolute Gasteiger partial charge is 0.483 e. The van der Waals surface area contributed by atoms with Crippen LogP contribution in [0.2, 0.25) is 0 Å². The molecule has 0 saturated carbocycles. The number of fused-ring (bicyclic) bond motifs is 1. The smallest absolute Gasteiger partial charge is 0.324 e. The highest BCUT2D eigenvalue weighted by atomic mass is 32.2. The average Bonchev–Trinajstić information content (AvgIpc) is 3.35. The third-order valence-electron chi connectivity index (χ3n) is 7.22. The zero-order chi connectivity index (χ0) is 34.7. The lowest BCUT2D eigenvalue weighted by Crippen LogP contribution is -2.47. The minimum Gasteiger partial charge on any atom is -0.483 e. The Kier molecular flexibility index (Phi) is 10.5. The second-order valence-electron chi connectivity index (χ2n) is 12.7. The number of likely N-dealkylation sites (N-methyl/N-ethyl adjacent to an activating group) is 1. The molecule has 0 unspecified atom stereocenters. The highest BCUT2D eigenvalue weighted by Gasteiger charge is 2.32. The molecule has 0 radical (unpaired) electrons. The molecular formula is C35H41N3O8S. The first-order chi connectivity index (χ1) is 22.0. The molecule has 1 atom stereocenters. The van der Waals surface area contributed by atoms with Gasteiger partial charge in [0.15, 0.2) is 12.4 Å². The van der Waals surface area contributed by atoms with Crippen molar-refractivity contribution in [2.24, 2.45) is 5.92 Å². The van der Waals surface area contributed by atoms with Crippen LogP contribution in [0.25, 0.3) is 22.1 Å². The molecule has 0 aliphatic carbocycles. The van der Waals surface area contributed by atoms with Gasteiger partial charge < -0.3 is 24.1 Å². The van der Waals surface area contributed by atoms with Crippen LogP contribution in [0.5, 0.6) is 5.75 Å². The molecule has 4 aromatic rings. The van der Waals surface area contributed by atoms with Crippen molar-refractivity contribution in [3.05, 3.63) is 78.1 Å². The number of furan rings is 1. The van der Waals surface area contributed by atoms with Gasteiger partial charge in [0, 0.05) is 25.3 Å². The van der Waals surface area contributed by atoms with Gasteiger partial charge in [0.25, 0.3) is 11.8 Å². The van der Waals surface area contributed by atoms with E-state index < -0.39 is 33.5 Å². The van der Waals surface area contributed by atoms with Crippen molar-refractivity contribution >= 4 is 44.5 Å². The summed E-state index contributed by atoms with van der Waals surface area (Å²) in [5.74, 6) is -1.05. The highest BCUT2D eigenvalue weighted by Crippen LogP contribution is 2.34. The summed E-state index contributed by atoms with van der Waals surface area (Å²) in [7, 11) is -0.722. The number of aryl methyl sites for hydroxylation is 1. The monoisotopic (exact) mass is 663 g/mol. The lowest BCUT2D eigenvalue weighted by Gasteiger charge is -2.26. The maximum absolute atomic E-state index is 13.2. The number of rotatable bonds is 11. The Morgan fingerprint density at radius 2 is 1.51 bits per heavy atom. The number of ether oxygens (including phenoxy) is 2. The molecule has 0 aliphatic rings. The molecule has 12 heteroatoms. The van der Waals surface area contributed by atoms with Crippen molar-refractivity contribution in [2.45, 2.75) is 58.1 Å². The van der Waals surface area contributed by atoms with Gasteiger partial charge in [-0.15, -0.1) is 0 Å². The van der Waals surface area contributed by atoms with Gasteiger partial charge in [-0.05, 0) is 81.1 Å². The molecule has 0 spiro atoms. The van der Waals surface area contributed by atoms with Gasteiger partial charge in [0.1, 0.15) is 23.0 Å². The van der Waals surface area contributed by atoms with Crippen LogP contribution in [0, 0.1) is 12.8 Å². The molecule has 1 heterocycles. The van der Waals surface area contributed by atoms with Crippen LogP contribution in [-0.4, -0.2) is 63.4 Å². The Hall–Kier alpha value is -4.68. The van der Waals surface area contributed by atoms with Crippen LogP contribution < -0.4 is 14.8 Å². The number of sulfonamides is 1. The van der Waals surface area contributed by atoms with E-state index in [1.54, 1.807) is 110 Å². The lowest BCUT2D eigenvalue weighted by molar-refractivity contribution is -0.158. The number of hydrogen-bond donors (Lipinski definition) is 2. The third kappa shape index (κ3) is 8.57. The third-order valence-corrected chi connectivity index (χ3v) is 8.68. The zero-order valence-corrected chi connectivity index (χ0v) is 28.7. The second-order valence-corrected chi connectivity index (χ2v) is 14.4. The Morgan fingerprint density at radius 1 is 0.915 bits per heavy atom. The molecule has 0 saturated heterocycles. The number of anilines is 1. The van der Waals surface area contributed by atoms with E-state index >= 15 is 0 Å². The van der Waals surface area contributed by atoms with E-state index in [1.807, 2.05) is 0 Å². The fourth-order valence-corrected chi connectivity index (χ4v) is 6.02. The fraction of sp³-hybridized carbons (Fsp3) is 0.343. The van der Waals surface area contributed by atoms with Crippen molar-refractivity contribution in [2.75, 3.05) is 26.0 Å². The topological polar surface area (TPSA) is 144 Å². The maximum atomic E-state index is 13.2. The molecule has 47 heavy (non-hydrogen) atoms. The first-order valence-electron chi connectivity index (χ1n) is 15.1. The van der Waals surface area contributed by atoms with Gasteiger partial charge in [-0.25, -0.2) is 8.42 Å². The Balaban J connectivity index is 1.45. The Bertz CT molecular complexity index is 1870. The van der Waals surface area contributed by atoms with Crippen LogP contribution >= 0.6 is 0 Å². The maximum Gasteiger partial charge on any atom is 0.324 e. The summed E-state index contributed by atoms with van der Waals surface area (Å²) < 4.78 is 45.7. The number of nitrogens with zero attached hydrogens (tertiary/aromatic N) is 1. The summed E-state index contributed by atoms with van der Waals surface area (Å²) >= 11 is 0. The number of hydrogen-bond acceptors (Lipinski definition) is 8. The highest BCUT2D eigenvalue weighted by molar-refractivity contribution is 7.89. The minimum absolute atomic E-state index is 0.0124. The van der Waals surface area contributed by atoms with Crippen LogP contribution in [0.15, 0.2) is 76.0 Å². The van der Waals surface area contributed by atoms with Crippen LogP contribution in [-0.2, 0) is 24.3 Å². The van der Waals surface area contributed by atoms with Crippen LogP contribution in [0.3, 0.4) is 0 Å². The van der Waals surface area contributed by atoms with Crippen LogP contribution in [0.1, 0.15) is 50.7 Å². The standard InChI is InChI=1S/C35H41N3O8S/c1-21(2)31(34(41)46-35(4,5)6)37-47(42,43)26-18-14-24(15-19-26)23-12-16-25(17-13-23)36-33(40)32-22(3)30-27(10-9-11-28(30)45-32)44-20-29(39)38(7)8/h9-19,21,31,37H,20H2,1-8H3,(H,36,40)/t31-/m0/s1.